The van der Waals surface area contributed by atoms with E-state index in [1.165, 1.54) is 6.07 Å². The molecule has 2 bridgehead atoms. The van der Waals surface area contributed by atoms with Crippen LogP contribution in [0, 0.1) is 23.1 Å². The Morgan fingerprint density at radius 3 is 2.93 bits per heavy atom. The molecule has 44 heavy (non-hydrogen) atoms. The van der Waals surface area contributed by atoms with Gasteiger partial charge in [0.25, 0.3) is 0 Å². The van der Waals surface area contributed by atoms with Crippen LogP contribution >= 0.6 is 0 Å². The van der Waals surface area contributed by atoms with Gasteiger partial charge in [0, 0.05) is 56.3 Å². The first-order chi connectivity index (χ1) is 21.4. The molecule has 0 radical (unpaired) electrons. The van der Waals surface area contributed by atoms with Crippen LogP contribution < -0.4 is 15.0 Å². The van der Waals surface area contributed by atoms with Crippen LogP contribution in [-0.2, 0) is 0 Å². The lowest BCUT2D eigenvalue weighted by Gasteiger charge is -2.35. The first kappa shape index (κ1) is 27.4. The Hall–Kier alpha value is -4.14. The van der Waals surface area contributed by atoms with Gasteiger partial charge in [-0.1, -0.05) is 24.3 Å². The molecule has 6 heterocycles. The van der Waals surface area contributed by atoms with Crippen molar-refractivity contribution in [1.29, 1.82) is 5.26 Å². The lowest BCUT2D eigenvalue weighted by molar-refractivity contribution is 0.107. The number of aromatic nitrogens is 3. The number of hydrogen-bond donors (Lipinski definition) is 2. The Kier molecular flexibility index (Phi) is 6.54. The smallest absolute Gasteiger partial charge is 0.319 e. The molecule has 2 aromatic carbocycles. The predicted octanol–water partition coefficient (Wildman–Crippen LogP) is 4.73. The van der Waals surface area contributed by atoms with E-state index in [0.29, 0.717) is 49.2 Å². The summed E-state index contributed by atoms with van der Waals surface area (Å²) in [6.07, 6.45) is 4.30. The average molecular weight is 598 g/mol. The maximum absolute atomic E-state index is 16.7. The molecule has 4 aromatic rings. The highest BCUT2D eigenvalue weighted by molar-refractivity contribution is 5.99. The Labute approximate surface area is 253 Å². The molecule has 4 fully saturated rings. The number of benzene rings is 2. The Morgan fingerprint density at radius 1 is 1.16 bits per heavy atom. The fraction of sp³-hybridized carbons (Fsp3) is 0.455. The van der Waals surface area contributed by atoms with Crippen molar-refractivity contribution in [3.05, 3.63) is 48.4 Å². The number of rotatable bonds is 6. The Bertz CT molecular complexity index is 1820. The van der Waals surface area contributed by atoms with E-state index < -0.39 is 17.5 Å². The largest absolute Gasteiger partial charge is 0.508 e. The summed E-state index contributed by atoms with van der Waals surface area (Å²) in [7, 11) is 0. The van der Waals surface area contributed by atoms with Crippen LogP contribution in [0.2, 0.25) is 0 Å². The summed E-state index contributed by atoms with van der Waals surface area (Å²) >= 11 is 0. The van der Waals surface area contributed by atoms with E-state index in [0.717, 1.165) is 36.6 Å². The van der Waals surface area contributed by atoms with Gasteiger partial charge in [0.1, 0.15) is 35.6 Å². The number of phenols is 1. The molecule has 8 rings (SSSR count). The number of ether oxygens (including phenoxy) is 1. The van der Waals surface area contributed by atoms with Crippen molar-refractivity contribution in [2.24, 2.45) is 5.92 Å². The van der Waals surface area contributed by atoms with E-state index in [9.17, 15) is 14.8 Å². The SMILES string of the molecule is N#CC[C@@H]1C[C@@H]2CN(c3nc(OC[C@@]45CCCN4C[C@H](F)C5)nc4c(F)c(-c5cc(O)cc6ccccc56)ncc34)C[C@H]1N2. The van der Waals surface area contributed by atoms with E-state index >= 15 is 4.39 Å². The monoisotopic (exact) mass is 597 g/mol. The fourth-order valence-corrected chi connectivity index (χ4v) is 8.11. The zero-order valence-electron chi connectivity index (χ0n) is 24.2. The van der Waals surface area contributed by atoms with Gasteiger partial charge in [0.15, 0.2) is 5.82 Å². The predicted molar refractivity (Wildman–Crippen MR) is 162 cm³/mol. The van der Waals surface area contributed by atoms with Crippen molar-refractivity contribution in [3.63, 3.8) is 0 Å². The van der Waals surface area contributed by atoms with Gasteiger partial charge in [-0.15, -0.1) is 0 Å². The molecule has 0 amide bonds. The zero-order valence-corrected chi connectivity index (χ0v) is 24.2. The molecule has 0 unspecified atom stereocenters. The van der Waals surface area contributed by atoms with Crippen molar-refractivity contribution in [1.82, 2.24) is 25.2 Å². The summed E-state index contributed by atoms with van der Waals surface area (Å²) in [5, 5.41) is 25.4. The number of phenolic OH excluding ortho intramolecular Hbond substituents is 1. The fourth-order valence-electron chi connectivity index (χ4n) is 8.11. The number of pyridine rings is 1. The molecule has 2 N–H and O–H groups in total. The molecule has 0 saturated carbocycles. The van der Waals surface area contributed by atoms with E-state index in [-0.39, 0.29) is 47.6 Å². The Morgan fingerprint density at radius 2 is 2.05 bits per heavy atom. The second-order valence-corrected chi connectivity index (χ2v) is 12.8. The first-order valence-corrected chi connectivity index (χ1v) is 15.4. The zero-order chi connectivity index (χ0) is 30.0. The third-order valence-electron chi connectivity index (χ3n) is 10.1. The van der Waals surface area contributed by atoms with Gasteiger partial charge >= 0.3 is 6.01 Å². The second-order valence-electron chi connectivity index (χ2n) is 12.8. The van der Waals surface area contributed by atoms with Gasteiger partial charge in [0.05, 0.1) is 17.0 Å². The van der Waals surface area contributed by atoms with Gasteiger partial charge in [-0.05, 0) is 54.6 Å². The quantitative estimate of drug-likeness (QED) is 0.326. The molecule has 11 heteroatoms. The van der Waals surface area contributed by atoms with Gasteiger partial charge in [-0.25, -0.2) is 8.78 Å². The van der Waals surface area contributed by atoms with Gasteiger partial charge in [-0.3, -0.25) is 9.88 Å². The third-order valence-corrected chi connectivity index (χ3v) is 10.1. The highest BCUT2D eigenvalue weighted by Gasteiger charge is 2.49. The van der Waals surface area contributed by atoms with Crippen LogP contribution in [0.25, 0.3) is 32.9 Å². The summed E-state index contributed by atoms with van der Waals surface area (Å²) in [6.45, 7) is 2.72. The Balaban J connectivity index is 1.23. The van der Waals surface area contributed by atoms with Crippen molar-refractivity contribution in [2.75, 3.05) is 37.7 Å². The van der Waals surface area contributed by atoms with E-state index in [1.54, 1.807) is 12.3 Å². The summed E-state index contributed by atoms with van der Waals surface area (Å²) in [5.74, 6) is 0.160. The number of anilines is 1. The molecule has 4 aliphatic heterocycles. The minimum absolute atomic E-state index is 0.0127. The number of halogens is 2. The number of piperazine rings is 1. The summed E-state index contributed by atoms with van der Waals surface area (Å²) in [6, 6.07) is 13.3. The summed E-state index contributed by atoms with van der Waals surface area (Å²) in [5.41, 5.74) is 0.213. The lowest BCUT2D eigenvalue weighted by atomic mass is 9.95. The van der Waals surface area contributed by atoms with Crippen molar-refractivity contribution >= 4 is 27.5 Å². The lowest BCUT2D eigenvalue weighted by Crippen LogP contribution is -2.52. The highest BCUT2D eigenvalue weighted by atomic mass is 19.1. The normalized spacial score (nSPS) is 28.1. The van der Waals surface area contributed by atoms with Crippen molar-refractivity contribution in [3.8, 4) is 29.1 Å². The molecular weight excluding hydrogens is 564 g/mol. The number of hydrogen-bond acceptors (Lipinski definition) is 9. The minimum atomic E-state index is -0.896. The maximum atomic E-state index is 16.7. The van der Waals surface area contributed by atoms with Crippen LogP contribution in [-0.4, -0.2) is 81.5 Å². The first-order valence-electron chi connectivity index (χ1n) is 15.4. The number of fused-ring (bicyclic) bond motifs is 5. The minimum Gasteiger partial charge on any atom is -0.508 e. The number of aromatic hydroxyl groups is 1. The molecule has 0 aliphatic carbocycles. The van der Waals surface area contributed by atoms with Crippen LogP contribution in [0.3, 0.4) is 0 Å². The summed E-state index contributed by atoms with van der Waals surface area (Å²) in [4.78, 5) is 18.3. The van der Waals surface area contributed by atoms with Crippen LogP contribution in [0.5, 0.6) is 11.8 Å². The van der Waals surface area contributed by atoms with Crippen LogP contribution in [0.15, 0.2) is 42.6 Å². The maximum Gasteiger partial charge on any atom is 0.319 e. The standard InChI is InChI=1S/C33H33F2N7O2/c34-21-13-33(7-3-9-42(33)15-21)18-44-32-39-30-26(31(40-32)41-16-22-10-20(6-8-36)27(17-41)38-22)14-37-29(28(30)35)25-12-23(43)11-19-4-1-2-5-24(19)25/h1-2,4-5,11-12,14,20-22,27,38,43H,3,6-7,9-10,13,15-18H2/t20-,21-,22-,27-,33+/m1/s1. The van der Waals surface area contributed by atoms with E-state index in [4.69, 9.17) is 9.72 Å². The van der Waals surface area contributed by atoms with Crippen molar-refractivity contribution < 1.29 is 18.6 Å². The topological polar surface area (TPSA) is 110 Å². The highest BCUT2D eigenvalue weighted by Crippen LogP contribution is 2.42. The van der Waals surface area contributed by atoms with Crippen LogP contribution in [0.1, 0.15) is 32.1 Å². The second kappa shape index (κ2) is 10.5. The summed E-state index contributed by atoms with van der Waals surface area (Å²) < 4.78 is 37.4. The molecule has 5 atom stereocenters. The number of nitriles is 1. The molecule has 226 valence electrons. The number of nitrogens with one attached hydrogen (secondary N) is 1. The molecular formula is C33H33F2N7O2. The van der Waals surface area contributed by atoms with Gasteiger partial charge < -0.3 is 20.1 Å². The number of nitrogens with zero attached hydrogens (tertiary/aromatic N) is 6. The van der Waals surface area contributed by atoms with Crippen molar-refractivity contribution in [2.45, 2.75) is 55.9 Å². The van der Waals surface area contributed by atoms with E-state index in [2.05, 4.69) is 31.2 Å². The molecule has 4 saturated heterocycles. The molecule has 0 spiro atoms. The third kappa shape index (κ3) is 4.50. The molecule has 4 aliphatic rings. The van der Waals surface area contributed by atoms with Gasteiger partial charge in [-0.2, -0.15) is 15.2 Å². The van der Waals surface area contributed by atoms with E-state index in [1.807, 2.05) is 24.3 Å². The molecule has 9 nitrogen and oxygen atoms in total. The number of alkyl halides is 1. The van der Waals surface area contributed by atoms with Gasteiger partial charge in [0.2, 0.25) is 0 Å². The van der Waals surface area contributed by atoms with Crippen LogP contribution in [0.4, 0.5) is 14.6 Å². The molecule has 2 aromatic heterocycles. The average Bonchev–Trinajstić information content (AvgIpc) is 3.64.